The lowest BCUT2D eigenvalue weighted by atomic mass is 10.2. The molecule has 2 rings (SSSR count). The molecule has 0 aromatic heterocycles. The molecule has 1 N–H and O–H groups in total. The highest BCUT2D eigenvalue weighted by Gasteiger charge is 2.14. The predicted molar refractivity (Wildman–Crippen MR) is 80.9 cm³/mol. The average molecular weight is 387 g/mol. The maximum Gasteiger partial charge on any atom is 0.258 e. The van der Waals surface area contributed by atoms with Gasteiger partial charge in [0.1, 0.15) is 5.82 Å². The van der Waals surface area contributed by atoms with Gasteiger partial charge in [0, 0.05) is 10.2 Å². The Kier molecular flexibility index (Phi) is 4.37. The van der Waals surface area contributed by atoms with Crippen molar-refractivity contribution in [2.75, 3.05) is 5.32 Å². The average Bonchev–Trinajstić information content (AvgIpc) is 2.37. The molecule has 2 aromatic carbocycles. The summed E-state index contributed by atoms with van der Waals surface area (Å²) in [6.45, 7) is 1.95. The zero-order valence-corrected chi connectivity index (χ0v) is 13.2. The van der Waals surface area contributed by atoms with Gasteiger partial charge in [0.05, 0.1) is 10.0 Å². The van der Waals surface area contributed by atoms with Crippen LogP contribution in [0.25, 0.3) is 0 Å². The SMILES string of the molecule is Cc1ccc(NC(=O)c2cccc(Br)c2F)cc1Br. The van der Waals surface area contributed by atoms with Crippen LogP contribution in [0, 0.1) is 12.7 Å². The Morgan fingerprint density at radius 3 is 2.58 bits per heavy atom. The van der Waals surface area contributed by atoms with Crippen LogP contribution in [-0.2, 0) is 0 Å². The number of carbonyl (C=O) groups excluding carboxylic acids is 1. The molecule has 0 saturated heterocycles. The van der Waals surface area contributed by atoms with Crippen molar-refractivity contribution in [2.45, 2.75) is 6.92 Å². The van der Waals surface area contributed by atoms with Crippen molar-refractivity contribution in [3.8, 4) is 0 Å². The highest BCUT2D eigenvalue weighted by molar-refractivity contribution is 9.10. The number of amides is 1. The minimum atomic E-state index is -0.564. The molecule has 0 atom stereocenters. The van der Waals surface area contributed by atoms with Gasteiger partial charge in [0.2, 0.25) is 0 Å². The summed E-state index contributed by atoms with van der Waals surface area (Å²) in [7, 11) is 0. The molecular formula is C14H10Br2FNO. The topological polar surface area (TPSA) is 29.1 Å². The number of carbonyl (C=O) groups is 1. The molecular weight excluding hydrogens is 377 g/mol. The fraction of sp³-hybridized carbons (Fsp3) is 0.0714. The van der Waals surface area contributed by atoms with E-state index in [-0.39, 0.29) is 10.0 Å². The molecule has 0 heterocycles. The first kappa shape index (κ1) is 14.2. The van der Waals surface area contributed by atoms with E-state index in [1.54, 1.807) is 24.3 Å². The van der Waals surface area contributed by atoms with Crippen molar-refractivity contribution < 1.29 is 9.18 Å². The van der Waals surface area contributed by atoms with Crippen molar-refractivity contribution in [1.29, 1.82) is 0 Å². The van der Waals surface area contributed by atoms with Crippen LogP contribution >= 0.6 is 31.9 Å². The van der Waals surface area contributed by atoms with Gasteiger partial charge in [-0.1, -0.05) is 28.1 Å². The molecule has 0 aliphatic heterocycles. The molecule has 1 amide bonds. The van der Waals surface area contributed by atoms with E-state index in [0.29, 0.717) is 5.69 Å². The van der Waals surface area contributed by atoms with Gasteiger partial charge in [-0.15, -0.1) is 0 Å². The van der Waals surface area contributed by atoms with E-state index in [1.165, 1.54) is 6.07 Å². The maximum absolute atomic E-state index is 13.8. The van der Waals surface area contributed by atoms with Crippen molar-refractivity contribution in [3.63, 3.8) is 0 Å². The van der Waals surface area contributed by atoms with Gasteiger partial charge in [-0.3, -0.25) is 4.79 Å². The van der Waals surface area contributed by atoms with Gasteiger partial charge < -0.3 is 5.32 Å². The quantitative estimate of drug-likeness (QED) is 0.780. The summed E-state index contributed by atoms with van der Waals surface area (Å²) in [5, 5.41) is 2.66. The summed E-state index contributed by atoms with van der Waals surface area (Å²) < 4.78 is 14.9. The molecule has 0 aliphatic rings. The van der Waals surface area contributed by atoms with Crippen LogP contribution in [0.2, 0.25) is 0 Å². The normalized spacial score (nSPS) is 10.3. The molecule has 2 nitrogen and oxygen atoms in total. The Bertz CT molecular complexity index is 643. The lowest BCUT2D eigenvalue weighted by Gasteiger charge is -2.08. The van der Waals surface area contributed by atoms with E-state index < -0.39 is 11.7 Å². The number of halogens is 3. The first-order valence-corrected chi connectivity index (χ1v) is 7.09. The summed E-state index contributed by atoms with van der Waals surface area (Å²) >= 11 is 6.44. The third-order valence-electron chi connectivity index (χ3n) is 2.63. The fourth-order valence-electron chi connectivity index (χ4n) is 1.55. The largest absolute Gasteiger partial charge is 0.322 e. The molecule has 0 saturated carbocycles. The molecule has 19 heavy (non-hydrogen) atoms. The highest BCUT2D eigenvalue weighted by atomic mass is 79.9. The summed E-state index contributed by atoms with van der Waals surface area (Å²) in [5.41, 5.74) is 1.68. The van der Waals surface area contributed by atoms with Gasteiger partial charge >= 0.3 is 0 Å². The lowest BCUT2D eigenvalue weighted by Crippen LogP contribution is -2.14. The second-order valence-electron chi connectivity index (χ2n) is 4.02. The van der Waals surface area contributed by atoms with Crippen molar-refractivity contribution in [1.82, 2.24) is 0 Å². The Labute approximate surface area is 127 Å². The number of benzene rings is 2. The van der Waals surface area contributed by atoms with Crippen LogP contribution in [-0.4, -0.2) is 5.91 Å². The summed E-state index contributed by atoms with van der Waals surface area (Å²) in [6.07, 6.45) is 0. The van der Waals surface area contributed by atoms with E-state index in [2.05, 4.69) is 37.2 Å². The minimum absolute atomic E-state index is 0.00562. The highest BCUT2D eigenvalue weighted by Crippen LogP contribution is 2.23. The summed E-state index contributed by atoms with van der Waals surface area (Å²) in [5.74, 6) is -1.04. The summed E-state index contributed by atoms with van der Waals surface area (Å²) in [6, 6.07) is 10.0. The van der Waals surface area contributed by atoms with Crippen molar-refractivity contribution >= 4 is 43.5 Å². The third-order valence-corrected chi connectivity index (χ3v) is 4.09. The second-order valence-corrected chi connectivity index (χ2v) is 5.73. The summed E-state index contributed by atoms with van der Waals surface area (Å²) in [4.78, 5) is 12.0. The minimum Gasteiger partial charge on any atom is -0.322 e. The van der Waals surface area contributed by atoms with E-state index in [9.17, 15) is 9.18 Å². The van der Waals surface area contributed by atoms with Crippen LogP contribution in [0.3, 0.4) is 0 Å². The van der Waals surface area contributed by atoms with E-state index in [0.717, 1.165) is 10.0 Å². The van der Waals surface area contributed by atoms with E-state index >= 15 is 0 Å². The molecule has 0 spiro atoms. The van der Waals surface area contributed by atoms with Crippen LogP contribution in [0.15, 0.2) is 45.3 Å². The van der Waals surface area contributed by atoms with Gasteiger partial charge in [-0.2, -0.15) is 0 Å². The Hall–Kier alpha value is -1.20. The number of aryl methyl sites for hydroxylation is 1. The number of anilines is 1. The zero-order valence-electron chi connectivity index (χ0n) is 10.0. The maximum atomic E-state index is 13.8. The Morgan fingerprint density at radius 1 is 1.16 bits per heavy atom. The van der Waals surface area contributed by atoms with Crippen molar-refractivity contribution in [3.05, 3.63) is 62.3 Å². The standard InChI is InChI=1S/C14H10Br2FNO/c1-8-5-6-9(7-12(8)16)18-14(19)10-3-2-4-11(15)13(10)17/h2-7H,1H3,(H,18,19). The molecule has 0 unspecified atom stereocenters. The Morgan fingerprint density at radius 2 is 1.89 bits per heavy atom. The van der Waals surface area contributed by atoms with Gasteiger partial charge in [-0.05, 0) is 52.7 Å². The van der Waals surface area contributed by atoms with Crippen LogP contribution < -0.4 is 5.32 Å². The second kappa shape index (κ2) is 5.84. The number of rotatable bonds is 2. The first-order chi connectivity index (χ1) is 8.99. The molecule has 98 valence electrons. The van der Waals surface area contributed by atoms with Gasteiger partial charge in [0.25, 0.3) is 5.91 Å². The number of hydrogen-bond acceptors (Lipinski definition) is 1. The number of hydrogen-bond donors (Lipinski definition) is 1. The van der Waals surface area contributed by atoms with Crippen LogP contribution in [0.5, 0.6) is 0 Å². The smallest absolute Gasteiger partial charge is 0.258 e. The molecule has 0 fully saturated rings. The zero-order chi connectivity index (χ0) is 14.0. The molecule has 0 radical (unpaired) electrons. The Balaban J connectivity index is 2.26. The van der Waals surface area contributed by atoms with Crippen LogP contribution in [0.1, 0.15) is 15.9 Å². The first-order valence-electron chi connectivity index (χ1n) is 5.50. The monoisotopic (exact) mass is 385 g/mol. The molecule has 0 bridgehead atoms. The van der Waals surface area contributed by atoms with E-state index in [4.69, 9.17) is 0 Å². The van der Waals surface area contributed by atoms with Gasteiger partial charge in [-0.25, -0.2) is 4.39 Å². The van der Waals surface area contributed by atoms with Crippen molar-refractivity contribution in [2.24, 2.45) is 0 Å². The molecule has 5 heteroatoms. The lowest BCUT2D eigenvalue weighted by molar-refractivity contribution is 0.102. The molecule has 2 aromatic rings. The third kappa shape index (κ3) is 3.22. The molecule has 0 aliphatic carbocycles. The van der Waals surface area contributed by atoms with Crippen LogP contribution in [0.4, 0.5) is 10.1 Å². The predicted octanol–water partition coefficient (Wildman–Crippen LogP) is 4.91. The number of nitrogens with one attached hydrogen (secondary N) is 1. The van der Waals surface area contributed by atoms with Gasteiger partial charge in [0.15, 0.2) is 0 Å². The fourth-order valence-corrected chi connectivity index (χ4v) is 2.29. The van der Waals surface area contributed by atoms with E-state index in [1.807, 2.05) is 13.0 Å².